The zero-order chi connectivity index (χ0) is 10.3. The second-order valence-electron chi connectivity index (χ2n) is 4.91. The lowest BCUT2D eigenvalue weighted by Crippen LogP contribution is -2.36. The third kappa shape index (κ3) is 1.48. The number of hydrogen-bond donors (Lipinski definition) is 0. The molecule has 2 heteroatoms. The van der Waals surface area contributed by atoms with E-state index < -0.39 is 0 Å². The highest BCUT2D eigenvalue weighted by molar-refractivity contribution is 9.10. The molecular formula is C12H17BrO. The van der Waals surface area contributed by atoms with Gasteiger partial charge in [0.2, 0.25) is 0 Å². The van der Waals surface area contributed by atoms with Crippen LogP contribution < -0.4 is 0 Å². The van der Waals surface area contributed by atoms with Crippen LogP contribution in [0.5, 0.6) is 0 Å². The fourth-order valence-electron chi connectivity index (χ4n) is 3.01. The average Bonchev–Trinajstić information content (AvgIpc) is 2.14. The number of carbonyl (C=O) groups excluding carboxylic acids is 1. The van der Waals surface area contributed by atoms with E-state index in [2.05, 4.69) is 22.9 Å². The molecule has 0 saturated heterocycles. The van der Waals surface area contributed by atoms with Crippen LogP contribution in [0.4, 0.5) is 0 Å². The smallest absolute Gasteiger partial charge is 0.172 e. The van der Waals surface area contributed by atoms with Crippen LogP contribution in [0, 0.1) is 5.41 Å². The van der Waals surface area contributed by atoms with Crippen molar-refractivity contribution in [3.63, 3.8) is 0 Å². The van der Waals surface area contributed by atoms with Gasteiger partial charge in [-0.15, -0.1) is 0 Å². The molecule has 0 aliphatic heterocycles. The van der Waals surface area contributed by atoms with Gasteiger partial charge in [-0.2, -0.15) is 0 Å². The first-order chi connectivity index (χ1) is 6.54. The molecule has 1 saturated carbocycles. The van der Waals surface area contributed by atoms with Gasteiger partial charge in [-0.3, -0.25) is 4.79 Å². The Hall–Kier alpha value is -0.110. The summed E-state index contributed by atoms with van der Waals surface area (Å²) < 4.78 is 0. The maximum Gasteiger partial charge on any atom is 0.172 e. The van der Waals surface area contributed by atoms with E-state index in [0.29, 0.717) is 11.2 Å². The summed E-state index contributed by atoms with van der Waals surface area (Å²) >= 11 is 3.51. The molecule has 0 unspecified atom stereocenters. The van der Waals surface area contributed by atoms with E-state index in [4.69, 9.17) is 0 Å². The number of allylic oxidation sites excluding steroid dienone is 2. The first kappa shape index (κ1) is 10.4. The Morgan fingerprint density at radius 1 is 1.43 bits per heavy atom. The number of hydrogen-bond acceptors (Lipinski definition) is 1. The third-order valence-corrected chi connectivity index (χ3v) is 4.61. The summed E-state index contributed by atoms with van der Waals surface area (Å²) in [6, 6.07) is 0. The van der Waals surface area contributed by atoms with E-state index >= 15 is 0 Å². The molecule has 2 rings (SSSR count). The second-order valence-corrected chi connectivity index (χ2v) is 6.01. The van der Waals surface area contributed by atoms with Crippen LogP contribution in [0.15, 0.2) is 11.1 Å². The molecule has 2 atom stereocenters. The van der Waals surface area contributed by atoms with Crippen molar-refractivity contribution >= 4 is 21.7 Å². The molecule has 0 N–H and O–H groups in total. The molecule has 0 aromatic rings. The predicted octanol–water partition coefficient (Wildman–Crippen LogP) is 3.62. The van der Waals surface area contributed by atoms with E-state index in [1.54, 1.807) is 0 Å². The average molecular weight is 257 g/mol. The van der Waals surface area contributed by atoms with Gasteiger partial charge in [-0.05, 0) is 43.6 Å². The minimum atomic E-state index is 0.0642. The second kappa shape index (κ2) is 3.48. The summed E-state index contributed by atoms with van der Waals surface area (Å²) in [7, 11) is 0. The molecule has 1 fully saturated rings. The van der Waals surface area contributed by atoms with Crippen LogP contribution in [0.25, 0.3) is 0 Å². The summed E-state index contributed by atoms with van der Waals surface area (Å²) in [4.78, 5) is 11.9. The van der Waals surface area contributed by atoms with Crippen LogP contribution in [0.2, 0.25) is 0 Å². The summed E-state index contributed by atoms with van der Waals surface area (Å²) in [5.74, 6) is 0.319. The number of ketones is 1. The fourth-order valence-corrected chi connectivity index (χ4v) is 4.06. The zero-order valence-corrected chi connectivity index (χ0v) is 10.5. The Kier molecular flexibility index (Phi) is 2.59. The maximum absolute atomic E-state index is 11.8. The van der Waals surface area contributed by atoms with E-state index in [1.807, 2.05) is 6.92 Å². The van der Waals surface area contributed by atoms with Crippen molar-refractivity contribution in [2.24, 2.45) is 5.41 Å². The molecule has 2 aliphatic carbocycles. The molecule has 1 nitrogen and oxygen atoms in total. The number of rotatable bonds is 0. The normalized spacial score (nSPS) is 38.5. The van der Waals surface area contributed by atoms with Gasteiger partial charge in [0.05, 0.1) is 4.83 Å². The minimum absolute atomic E-state index is 0.0642. The molecule has 78 valence electrons. The Labute approximate surface area is 94.1 Å². The van der Waals surface area contributed by atoms with Crippen molar-refractivity contribution in [3.8, 4) is 0 Å². The minimum Gasteiger partial charge on any atom is -0.293 e. The van der Waals surface area contributed by atoms with Crippen LogP contribution >= 0.6 is 15.9 Å². The quantitative estimate of drug-likeness (QED) is 0.606. The maximum atomic E-state index is 11.8. The highest BCUT2D eigenvalue weighted by Crippen LogP contribution is 2.49. The molecule has 0 aromatic heterocycles. The topological polar surface area (TPSA) is 17.1 Å². The van der Waals surface area contributed by atoms with Gasteiger partial charge in [0, 0.05) is 0 Å². The largest absolute Gasteiger partial charge is 0.293 e. The molecule has 0 heterocycles. The van der Waals surface area contributed by atoms with Gasteiger partial charge in [-0.1, -0.05) is 34.8 Å². The molecule has 0 spiro atoms. The van der Waals surface area contributed by atoms with Crippen LogP contribution in [0.3, 0.4) is 0 Å². The highest BCUT2D eigenvalue weighted by atomic mass is 79.9. The molecule has 0 bridgehead atoms. The monoisotopic (exact) mass is 256 g/mol. The molecule has 0 radical (unpaired) electrons. The molecule has 0 aromatic carbocycles. The van der Waals surface area contributed by atoms with Gasteiger partial charge >= 0.3 is 0 Å². The summed E-state index contributed by atoms with van der Waals surface area (Å²) in [5, 5.41) is 0. The van der Waals surface area contributed by atoms with E-state index in [1.165, 1.54) is 24.8 Å². The zero-order valence-electron chi connectivity index (χ0n) is 8.90. The van der Waals surface area contributed by atoms with Gasteiger partial charge in [0.15, 0.2) is 5.78 Å². The van der Waals surface area contributed by atoms with Crippen LogP contribution in [-0.2, 0) is 4.79 Å². The predicted molar refractivity (Wildman–Crippen MR) is 61.6 cm³/mol. The lowest BCUT2D eigenvalue weighted by Gasteiger charge is -2.42. The van der Waals surface area contributed by atoms with Gasteiger partial charge in [-0.25, -0.2) is 0 Å². The lowest BCUT2D eigenvalue weighted by molar-refractivity contribution is -0.116. The van der Waals surface area contributed by atoms with Gasteiger partial charge in [0.1, 0.15) is 0 Å². The van der Waals surface area contributed by atoms with Crippen molar-refractivity contribution in [2.75, 3.05) is 0 Å². The molecular weight excluding hydrogens is 240 g/mol. The van der Waals surface area contributed by atoms with Gasteiger partial charge in [0.25, 0.3) is 0 Å². The van der Waals surface area contributed by atoms with E-state index in [-0.39, 0.29) is 4.83 Å². The van der Waals surface area contributed by atoms with E-state index in [9.17, 15) is 4.79 Å². The van der Waals surface area contributed by atoms with Crippen molar-refractivity contribution in [1.82, 2.24) is 0 Å². The number of halogens is 1. The van der Waals surface area contributed by atoms with E-state index in [0.717, 1.165) is 18.4 Å². The van der Waals surface area contributed by atoms with Crippen LogP contribution in [-0.4, -0.2) is 10.6 Å². The summed E-state index contributed by atoms with van der Waals surface area (Å²) in [6.07, 6.45) is 5.99. The van der Waals surface area contributed by atoms with Crippen molar-refractivity contribution < 1.29 is 4.79 Å². The molecule has 0 amide bonds. The molecule has 2 aliphatic rings. The Bertz CT molecular complexity index is 305. The Morgan fingerprint density at radius 2 is 2.14 bits per heavy atom. The Morgan fingerprint density at radius 3 is 2.86 bits per heavy atom. The standard InChI is InChI=1S/C12H17BrO/c1-8-9-5-3-4-6-12(9,2)7-10(13)11(8)14/h10H,3-7H2,1-2H3/t10-,12+/m1/s1. The Balaban J connectivity index is 2.43. The lowest BCUT2D eigenvalue weighted by atomic mass is 9.64. The first-order valence-electron chi connectivity index (χ1n) is 5.43. The number of fused-ring (bicyclic) bond motifs is 1. The number of Topliss-reactive ketones (excluding diaryl/α,β-unsaturated/α-hetero) is 1. The summed E-state index contributed by atoms with van der Waals surface area (Å²) in [6.45, 7) is 4.33. The van der Waals surface area contributed by atoms with Gasteiger partial charge < -0.3 is 0 Å². The van der Waals surface area contributed by atoms with Crippen molar-refractivity contribution in [3.05, 3.63) is 11.1 Å². The SMILES string of the molecule is CC1=C2CCCC[C@@]2(C)C[C@@H](Br)C1=O. The fraction of sp³-hybridized carbons (Fsp3) is 0.750. The first-order valence-corrected chi connectivity index (χ1v) is 6.35. The number of alkyl halides is 1. The highest BCUT2D eigenvalue weighted by Gasteiger charge is 2.41. The third-order valence-electron chi connectivity index (χ3n) is 3.87. The molecule has 14 heavy (non-hydrogen) atoms. The summed E-state index contributed by atoms with van der Waals surface area (Å²) in [5.41, 5.74) is 2.80. The number of carbonyl (C=O) groups is 1. The van der Waals surface area contributed by atoms with Crippen LogP contribution in [0.1, 0.15) is 46.0 Å². The van der Waals surface area contributed by atoms with Crippen molar-refractivity contribution in [2.45, 2.75) is 50.8 Å². The van der Waals surface area contributed by atoms with Crippen molar-refractivity contribution in [1.29, 1.82) is 0 Å².